The van der Waals surface area contributed by atoms with E-state index in [0.29, 0.717) is 10.8 Å². The molecule has 1 amide bonds. The summed E-state index contributed by atoms with van der Waals surface area (Å²) in [5.74, 6) is 0.577. The van der Waals surface area contributed by atoms with Gasteiger partial charge in [-0.25, -0.2) is 8.42 Å². The average molecular weight is 455 g/mol. The van der Waals surface area contributed by atoms with Gasteiger partial charge in [-0.15, -0.1) is 0 Å². The summed E-state index contributed by atoms with van der Waals surface area (Å²) in [6, 6.07) is 9.33. The SMILES string of the molecule is COc1ccc(Cl)cc1N(C(C)C(=O)NCCOc1cccc(C)c1C)S(C)(=O)=O. The fraction of sp³-hybridized carbons (Fsp3) is 0.381. The highest BCUT2D eigenvalue weighted by Gasteiger charge is 2.31. The molecule has 0 saturated heterocycles. The van der Waals surface area contributed by atoms with Crippen molar-refractivity contribution in [2.45, 2.75) is 26.8 Å². The minimum atomic E-state index is -3.79. The zero-order chi connectivity index (χ0) is 22.5. The summed E-state index contributed by atoms with van der Waals surface area (Å²) >= 11 is 6.04. The van der Waals surface area contributed by atoms with E-state index in [1.165, 1.54) is 20.1 Å². The van der Waals surface area contributed by atoms with Gasteiger partial charge in [0.2, 0.25) is 15.9 Å². The van der Waals surface area contributed by atoms with Gasteiger partial charge in [-0.05, 0) is 56.2 Å². The maximum atomic E-state index is 12.7. The van der Waals surface area contributed by atoms with Gasteiger partial charge in [-0.3, -0.25) is 9.10 Å². The van der Waals surface area contributed by atoms with Crippen LogP contribution in [0.2, 0.25) is 5.02 Å². The molecule has 0 radical (unpaired) electrons. The predicted octanol–water partition coefficient (Wildman–Crippen LogP) is 3.32. The molecule has 30 heavy (non-hydrogen) atoms. The molecule has 1 N–H and O–H groups in total. The lowest BCUT2D eigenvalue weighted by molar-refractivity contribution is -0.121. The molecular weight excluding hydrogens is 428 g/mol. The zero-order valence-electron chi connectivity index (χ0n) is 17.7. The van der Waals surface area contributed by atoms with Crippen LogP contribution in [0.1, 0.15) is 18.1 Å². The number of amides is 1. The molecule has 7 nitrogen and oxygen atoms in total. The van der Waals surface area contributed by atoms with Crippen LogP contribution in [0.3, 0.4) is 0 Å². The maximum absolute atomic E-state index is 12.7. The lowest BCUT2D eigenvalue weighted by Gasteiger charge is -2.29. The van der Waals surface area contributed by atoms with Gasteiger partial charge >= 0.3 is 0 Å². The second-order valence-corrected chi connectivity index (χ2v) is 9.18. The molecule has 9 heteroatoms. The Bertz CT molecular complexity index is 1010. The van der Waals surface area contributed by atoms with Crippen LogP contribution in [0.15, 0.2) is 36.4 Å². The third-order valence-corrected chi connectivity index (χ3v) is 6.14. The predicted molar refractivity (Wildman–Crippen MR) is 119 cm³/mol. The Kier molecular flexibility index (Phi) is 7.97. The molecule has 0 bridgehead atoms. The van der Waals surface area contributed by atoms with Gasteiger partial charge in [0, 0.05) is 5.02 Å². The van der Waals surface area contributed by atoms with Crippen LogP contribution in [0, 0.1) is 13.8 Å². The van der Waals surface area contributed by atoms with Gasteiger partial charge in [0.25, 0.3) is 0 Å². The molecule has 1 unspecified atom stereocenters. The van der Waals surface area contributed by atoms with Crippen molar-refractivity contribution in [1.29, 1.82) is 0 Å². The van der Waals surface area contributed by atoms with E-state index in [1.807, 2.05) is 32.0 Å². The van der Waals surface area contributed by atoms with Crippen LogP contribution in [0.4, 0.5) is 5.69 Å². The quantitative estimate of drug-likeness (QED) is 0.587. The van der Waals surface area contributed by atoms with Crippen molar-refractivity contribution in [3.8, 4) is 11.5 Å². The van der Waals surface area contributed by atoms with E-state index in [0.717, 1.165) is 27.4 Å². The maximum Gasteiger partial charge on any atom is 0.243 e. The number of halogens is 1. The minimum Gasteiger partial charge on any atom is -0.495 e. The van der Waals surface area contributed by atoms with Crippen LogP contribution in [0.25, 0.3) is 0 Å². The van der Waals surface area contributed by atoms with Crippen molar-refractivity contribution in [3.05, 3.63) is 52.5 Å². The normalized spacial score (nSPS) is 12.2. The van der Waals surface area contributed by atoms with Crippen molar-refractivity contribution in [2.75, 3.05) is 30.8 Å². The summed E-state index contributed by atoms with van der Waals surface area (Å²) in [6.45, 7) is 5.94. The van der Waals surface area contributed by atoms with Crippen molar-refractivity contribution in [1.82, 2.24) is 5.32 Å². The first-order chi connectivity index (χ1) is 14.1. The van der Waals surface area contributed by atoms with Crippen molar-refractivity contribution < 1.29 is 22.7 Å². The summed E-state index contributed by atoms with van der Waals surface area (Å²) in [5.41, 5.74) is 2.35. The van der Waals surface area contributed by atoms with Crippen molar-refractivity contribution in [2.24, 2.45) is 0 Å². The molecule has 2 rings (SSSR count). The Morgan fingerprint density at radius 1 is 1.20 bits per heavy atom. The Labute approximate surface area is 183 Å². The van der Waals surface area contributed by atoms with Gasteiger partial charge in [0.15, 0.2) is 0 Å². The molecule has 1 atom stereocenters. The number of anilines is 1. The van der Waals surface area contributed by atoms with E-state index in [4.69, 9.17) is 21.1 Å². The summed E-state index contributed by atoms with van der Waals surface area (Å²) in [4.78, 5) is 12.7. The lowest BCUT2D eigenvalue weighted by Crippen LogP contribution is -2.48. The molecule has 2 aromatic rings. The number of nitrogens with one attached hydrogen (secondary N) is 1. The molecule has 0 saturated carbocycles. The van der Waals surface area contributed by atoms with Gasteiger partial charge in [-0.2, -0.15) is 0 Å². The highest BCUT2D eigenvalue weighted by atomic mass is 35.5. The third kappa shape index (κ3) is 5.79. The highest BCUT2D eigenvalue weighted by Crippen LogP contribution is 2.34. The van der Waals surface area contributed by atoms with E-state index in [2.05, 4.69) is 5.32 Å². The van der Waals surface area contributed by atoms with E-state index >= 15 is 0 Å². The lowest BCUT2D eigenvalue weighted by atomic mass is 10.1. The number of rotatable bonds is 9. The molecule has 0 fully saturated rings. The molecule has 2 aromatic carbocycles. The molecular formula is C21H27ClN2O5S. The average Bonchev–Trinajstić information content (AvgIpc) is 2.67. The summed E-state index contributed by atoms with van der Waals surface area (Å²) in [5, 5.41) is 3.05. The first-order valence-corrected chi connectivity index (χ1v) is 11.6. The van der Waals surface area contributed by atoms with Crippen LogP contribution in [-0.4, -0.2) is 46.9 Å². The molecule has 0 heterocycles. The molecule has 164 valence electrons. The second kappa shape index (κ2) is 10.0. The van der Waals surface area contributed by atoms with Gasteiger partial charge in [0.05, 0.1) is 25.6 Å². The van der Waals surface area contributed by atoms with E-state index in [1.54, 1.807) is 12.1 Å². The van der Waals surface area contributed by atoms with Crippen LogP contribution >= 0.6 is 11.6 Å². The van der Waals surface area contributed by atoms with E-state index in [9.17, 15) is 13.2 Å². The van der Waals surface area contributed by atoms with Crippen molar-refractivity contribution in [3.63, 3.8) is 0 Å². The molecule has 0 aromatic heterocycles. The minimum absolute atomic E-state index is 0.196. The monoisotopic (exact) mass is 454 g/mol. The topological polar surface area (TPSA) is 84.9 Å². The van der Waals surface area contributed by atoms with Crippen LogP contribution in [0.5, 0.6) is 11.5 Å². The number of hydrogen-bond acceptors (Lipinski definition) is 5. The Morgan fingerprint density at radius 3 is 2.53 bits per heavy atom. The number of benzene rings is 2. The Hall–Kier alpha value is -2.45. The van der Waals surface area contributed by atoms with Crippen molar-refractivity contribution >= 4 is 33.2 Å². The number of nitrogens with zero attached hydrogens (tertiary/aromatic N) is 1. The smallest absolute Gasteiger partial charge is 0.243 e. The molecule has 0 spiro atoms. The molecule has 0 aliphatic carbocycles. The first kappa shape index (κ1) is 23.8. The Balaban J connectivity index is 2.10. The van der Waals surface area contributed by atoms with E-state index in [-0.39, 0.29) is 18.8 Å². The summed E-state index contributed by atoms with van der Waals surface area (Å²) < 4.78 is 36.9. The molecule has 0 aliphatic heterocycles. The number of methoxy groups -OCH3 is 1. The fourth-order valence-corrected chi connectivity index (χ4v) is 4.32. The summed E-state index contributed by atoms with van der Waals surface area (Å²) in [6.07, 6.45) is 1.03. The fourth-order valence-electron chi connectivity index (χ4n) is 2.98. The third-order valence-electron chi connectivity index (χ3n) is 4.68. The van der Waals surface area contributed by atoms with Gasteiger partial charge in [0.1, 0.15) is 24.1 Å². The number of carbonyl (C=O) groups excluding carboxylic acids is 1. The van der Waals surface area contributed by atoms with Crippen LogP contribution in [-0.2, 0) is 14.8 Å². The van der Waals surface area contributed by atoms with E-state index < -0.39 is 22.0 Å². The summed E-state index contributed by atoms with van der Waals surface area (Å²) in [7, 11) is -2.37. The number of hydrogen-bond donors (Lipinski definition) is 1. The van der Waals surface area contributed by atoms with Gasteiger partial charge in [-0.1, -0.05) is 23.7 Å². The number of carbonyl (C=O) groups is 1. The highest BCUT2D eigenvalue weighted by molar-refractivity contribution is 7.92. The zero-order valence-corrected chi connectivity index (χ0v) is 19.3. The second-order valence-electron chi connectivity index (χ2n) is 6.89. The molecule has 0 aliphatic rings. The van der Waals surface area contributed by atoms with Gasteiger partial charge < -0.3 is 14.8 Å². The van der Waals surface area contributed by atoms with Crippen LogP contribution < -0.4 is 19.1 Å². The largest absolute Gasteiger partial charge is 0.495 e. The number of sulfonamides is 1. The Morgan fingerprint density at radius 2 is 1.90 bits per heavy atom. The first-order valence-electron chi connectivity index (χ1n) is 9.36. The number of ether oxygens (including phenoxy) is 2. The number of aryl methyl sites for hydroxylation is 1. The standard InChI is InChI=1S/C21H27ClN2O5S/c1-14-7-6-8-19(15(14)2)29-12-11-23-21(25)16(3)24(30(5,26)27)18-13-17(22)9-10-20(18)28-4/h6-10,13,16H,11-12H2,1-5H3,(H,23,25).